The quantitative estimate of drug-likeness (QED) is 0.368. The Bertz CT molecular complexity index is 1020. The first-order chi connectivity index (χ1) is 14.0. The van der Waals surface area contributed by atoms with Crippen LogP contribution in [0.5, 0.6) is 5.75 Å². The van der Waals surface area contributed by atoms with Crippen LogP contribution in [0.2, 0.25) is 0 Å². The van der Waals surface area contributed by atoms with Crippen molar-refractivity contribution in [2.75, 3.05) is 23.8 Å². The van der Waals surface area contributed by atoms with Crippen molar-refractivity contribution in [3.8, 4) is 5.75 Å². The summed E-state index contributed by atoms with van der Waals surface area (Å²) in [6.45, 7) is 6.82. The molecule has 1 amide bonds. The molecular weight excluding hydrogens is 438 g/mol. The lowest BCUT2D eigenvalue weighted by Crippen LogP contribution is -2.40. The third-order valence-corrected chi connectivity index (χ3v) is 5.02. The first-order valence-electron chi connectivity index (χ1n) is 9.41. The van der Waals surface area contributed by atoms with Gasteiger partial charge in [-0.05, 0) is 41.9 Å². The average molecular weight is 463 g/mol. The molecular formula is C19H25BrN7O2+. The number of hydrogen-bond donors (Lipinski definition) is 2. The second kappa shape index (κ2) is 9.19. The molecule has 0 aliphatic heterocycles. The number of rotatable bonds is 9. The van der Waals surface area contributed by atoms with Crippen LogP contribution in [0.3, 0.4) is 0 Å². The minimum absolute atomic E-state index is 0.194. The largest absolute Gasteiger partial charge is 0.492 e. The number of hydrogen-bond acceptors (Lipinski definition) is 6. The van der Waals surface area contributed by atoms with Gasteiger partial charge in [0.15, 0.2) is 22.7 Å². The third kappa shape index (κ3) is 4.18. The summed E-state index contributed by atoms with van der Waals surface area (Å²) in [6, 6.07) is 5.96. The number of anilines is 2. The molecule has 0 saturated carbocycles. The molecule has 1 aromatic carbocycles. The summed E-state index contributed by atoms with van der Waals surface area (Å²) in [6.07, 6.45) is 2.22. The number of aryl methyl sites for hydroxylation is 2. The highest BCUT2D eigenvalue weighted by molar-refractivity contribution is 9.10. The Morgan fingerprint density at radius 1 is 1.38 bits per heavy atom. The number of ether oxygens (including phenoxy) is 1. The Kier molecular flexibility index (Phi) is 6.65. The Balaban J connectivity index is 2.09. The smallest absolute Gasteiger partial charge is 0.277 e. The van der Waals surface area contributed by atoms with Crippen LogP contribution in [0.25, 0.3) is 11.0 Å². The zero-order chi connectivity index (χ0) is 21.0. The predicted octanol–water partition coefficient (Wildman–Crippen LogP) is 1.60. The molecule has 0 radical (unpaired) electrons. The van der Waals surface area contributed by atoms with Crippen molar-refractivity contribution >= 4 is 45.0 Å². The van der Waals surface area contributed by atoms with Gasteiger partial charge in [0.2, 0.25) is 6.41 Å². The second-order valence-electron chi connectivity index (χ2n) is 6.33. The average Bonchev–Trinajstić information content (AvgIpc) is 3.03. The lowest BCUT2D eigenvalue weighted by atomic mass is 10.3. The van der Waals surface area contributed by atoms with E-state index < -0.39 is 0 Å². The maximum absolute atomic E-state index is 11.9. The first kappa shape index (κ1) is 21.0. The third-order valence-electron chi connectivity index (χ3n) is 4.63. The highest BCUT2D eigenvalue weighted by Crippen LogP contribution is 2.25. The van der Waals surface area contributed by atoms with Gasteiger partial charge in [0.05, 0.1) is 19.3 Å². The molecule has 0 spiro atoms. The first-order valence-corrected chi connectivity index (χ1v) is 10.2. The lowest BCUT2D eigenvalue weighted by Gasteiger charge is -2.16. The highest BCUT2D eigenvalue weighted by atomic mass is 79.9. The van der Waals surface area contributed by atoms with Crippen LogP contribution in [0, 0.1) is 0 Å². The van der Waals surface area contributed by atoms with Gasteiger partial charge >= 0.3 is 0 Å². The maximum Gasteiger partial charge on any atom is 0.277 e. The molecule has 3 rings (SSSR count). The van der Waals surface area contributed by atoms with E-state index in [0.717, 1.165) is 42.1 Å². The molecule has 154 valence electrons. The molecule has 2 heterocycles. The Hall–Kier alpha value is -2.72. The van der Waals surface area contributed by atoms with Crippen LogP contribution in [-0.4, -0.2) is 34.1 Å². The molecule has 29 heavy (non-hydrogen) atoms. The van der Waals surface area contributed by atoms with Gasteiger partial charge in [0.1, 0.15) is 23.5 Å². The minimum Gasteiger partial charge on any atom is -0.492 e. The number of carbonyl (C=O) groups is 1. The van der Waals surface area contributed by atoms with Crippen LogP contribution in [0.4, 0.5) is 11.6 Å². The Morgan fingerprint density at radius 2 is 2.17 bits per heavy atom. The second-order valence-corrected chi connectivity index (χ2v) is 7.14. The fourth-order valence-corrected chi connectivity index (χ4v) is 3.68. The summed E-state index contributed by atoms with van der Waals surface area (Å²) in [4.78, 5) is 21.8. The molecule has 3 aromatic rings. The summed E-state index contributed by atoms with van der Waals surface area (Å²) < 4.78 is 10.5. The van der Waals surface area contributed by atoms with Crippen LogP contribution in [0.1, 0.15) is 19.7 Å². The Morgan fingerprint density at radius 3 is 2.83 bits per heavy atom. The Labute approximate surface area is 177 Å². The zero-order valence-corrected chi connectivity index (χ0v) is 18.1. The molecule has 4 N–H and O–H groups in total. The molecule has 0 saturated heterocycles. The fourth-order valence-electron chi connectivity index (χ4n) is 3.41. The van der Waals surface area contributed by atoms with Crippen molar-refractivity contribution in [1.29, 1.82) is 0 Å². The van der Waals surface area contributed by atoms with Crippen molar-refractivity contribution in [3.63, 3.8) is 0 Å². The van der Waals surface area contributed by atoms with Gasteiger partial charge in [-0.3, -0.25) is 9.69 Å². The van der Waals surface area contributed by atoms with Crippen LogP contribution in [0.15, 0.2) is 29.0 Å². The number of aromatic nitrogens is 4. The van der Waals surface area contributed by atoms with E-state index in [4.69, 9.17) is 16.2 Å². The van der Waals surface area contributed by atoms with Gasteiger partial charge in [-0.1, -0.05) is 0 Å². The summed E-state index contributed by atoms with van der Waals surface area (Å²) in [5.41, 5.74) is 13.6. The minimum atomic E-state index is 0.194. The van der Waals surface area contributed by atoms with E-state index in [0.29, 0.717) is 30.1 Å². The number of nitrogens with two attached hydrogens (primary N) is 2. The predicted molar refractivity (Wildman–Crippen MR) is 114 cm³/mol. The van der Waals surface area contributed by atoms with E-state index in [1.165, 1.54) is 11.1 Å². The van der Waals surface area contributed by atoms with Gasteiger partial charge in [0.25, 0.3) is 5.82 Å². The van der Waals surface area contributed by atoms with Gasteiger partial charge in [0, 0.05) is 12.6 Å². The van der Waals surface area contributed by atoms with Gasteiger partial charge in [-0.2, -0.15) is 0 Å². The molecule has 0 aliphatic rings. The van der Waals surface area contributed by atoms with Crippen LogP contribution >= 0.6 is 15.9 Å². The fraction of sp³-hybridized carbons (Fsp3) is 0.368. The molecule has 0 unspecified atom stereocenters. The number of carbonyl (C=O) groups excluding carboxylic acids is 1. The van der Waals surface area contributed by atoms with E-state index in [-0.39, 0.29) is 5.82 Å². The number of nitrogen functional groups attached to an aromatic ring is 1. The summed E-state index contributed by atoms with van der Waals surface area (Å²) in [5.74, 6) is 2.23. The lowest BCUT2D eigenvalue weighted by molar-refractivity contribution is -0.676. The molecule has 0 bridgehead atoms. The molecule has 2 aromatic heterocycles. The van der Waals surface area contributed by atoms with E-state index in [2.05, 4.69) is 48.9 Å². The normalized spacial score (nSPS) is 11.0. The highest BCUT2D eigenvalue weighted by Gasteiger charge is 2.27. The van der Waals surface area contributed by atoms with Crippen molar-refractivity contribution in [3.05, 3.63) is 34.8 Å². The van der Waals surface area contributed by atoms with Gasteiger partial charge < -0.3 is 16.2 Å². The number of benzene rings is 1. The number of imidazole rings is 1. The SMILES string of the molecule is CCn1c(CN(C=O)c2nc(Br)cnc2N)[n+](CC)c2ccc(OCCN)cc21. The van der Waals surface area contributed by atoms with E-state index in [9.17, 15) is 4.79 Å². The maximum atomic E-state index is 11.9. The zero-order valence-electron chi connectivity index (χ0n) is 16.5. The van der Waals surface area contributed by atoms with Crippen molar-refractivity contribution in [2.24, 2.45) is 5.73 Å². The van der Waals surface area contributed by atoms with Crippen molar-refractivity contribution < 1.29 is 14.1 Å². The van der Waals surface area contributed by atoms with Crippen LogP contribution in [-0.2, 0) is 24.4 Å². The van der Waals surface area contributed by atoms with E-state index in [1.54, 1.807) is 0 Å². The monoisotopic (exact) mass is 462 g/mol. The van der Waals surface area contributed by atoms with E-state index >= 15 is 0 Å². The number of halogens is 1. The number of fused-ring (bicyclic) bond motifs is 1. The molecule has 0 fully saturated rings. The molecule has 0 aliphatic carbocycles. The molecule has 10 heteroatoms. The summed E-state index contributed by atoms with van der Waals surface area (Å²) in [5, 5.41) is 0. The molecule has 9 nitrogen and oxygen atoms in total. The van der Waals surface area contributed by atoms with E-state index in [1.807, 2.05) is 18.2 Å². The van der Waals surface area contributed by atoms with Crippen LogP contribution < -0.4 is 25.7 Å². The summed E-state index contributed by atoms with van der Waals surface area (Å²) in [7, 11) is 0. The summed E-state index contributed by atoms with van der Waals surface area (Å²) >= 11 is 3.29. The standard InChI is InChI=1S/C19H25BrN7O2/c1-3-26-14-6-5-13(29-8-7-21)9-15(14)27(4-2)17(26)11-25(12-28)19-18(22)23-10-16(20)24-19/h5-6,9-10,12H,3-4,7-8,11,21H2,1-2H3,(H2,22,23)/q+1. The van der Waals surface area contributed by atoms with Gasteiger partial charge in [-0.15, -0.1) is 0 Å². The van der Waals surface area contributed by atoms with Crippen molar-refractivity contribution in [2.45, 2.75) is 33.5 Å². The number of amides is 1. The number of nitrogens with zero attached hydrogens (tertiary/aromatic N) is 5. The molecule has 0 atom stereocenters. The van der Waals surface area contributed by atoms with Gasteiger partial charge in [-0.25, -0.2) is 19.1 Å². The topological polar surface area (TPSA) is 116 Å². The van der Waals surface area contributed by atoms with Crippen molar-refractivity contribution in [1.82, 2.24) is 14.5 Å².